The van der Waals surface area contributed by atoms with E-state index < -0.39 is 95.9 Å². The minimum Gasteiger partial charge on any atom is -0.391 e. The Balaban J connectivity index is 1.66. The Morgan fingerprint density at radius 2 is 1.34 bits per heavy atom. The van der Waals surface area contributed by atoms with Crippen LogP contribution in [0.15, 0.2) is 29.3 Å². The lowest BCUT2D eigenvalue weighted by Gasteiger charge is -2.30. The van der Waals surface area contributed by atoms with Crippen molar-refractivity contribution < 1.29 is 43.8 Å². The summed E-state index contributed by atoms with van der Waals surface area (Å²) in [7, 11) is 0. The molecular weight excluding hydrogens is 672 g/mol. The van der Waals surface area contributed by atoms with Gasteiger partial charge in [0.1, 0.15) is 42.3 Å². The molecule has 3 aliphatic heterocycles. The number of rotatable bonds is 1. The molecule has 270 valence electrons. The highest BCUT2D eigenvalue weighted by Gasteiger charge is 2.43. The predicted molar refractivity (Wildman–Crippen MR) is 179 cm³/mol. The van der Waals surface area contributed by atoms with Gasteiger partial charge in [-0.3, -0.25) is 33.6 Å². The largest absolute Gasteiger partial charge is 0.391 e. The molecule has 0 radical (unpaired) electrons. The van der Waals surface area contributed by atoms with Gasteiger partial charge in [-0.1, -0.05) is 18.2 Å². The number of nitrogens with zero attached hydrogens (tertiary/aromatic N) is 1. The third-order valence-electron chi connectivity index (χ3n) is 9.01. The van der Waals surface area contributed by atoms with Crippen LogP contribution in [0.2, 0.25) is 0 Å². The number of hydrogen-bond acceptors (Lipinski definition) is 10. The second kappa shape index (κ2) is 15.1. The van der Waals surface area contributed by atoms with Gasteiger partial charge in [0.25, 0.3) is 0 Å². The summed E-state index contributed by atoms with van der Waals surface area (Å²) in [6.45, 7) is 5.18. The third kappa shape index (κ3) is 7.87. The molecule has 0 unspecified atom stereocenters. The number of aromatic amines is 1. The van der Waals surface area contributed by atoms with Crippen molar-refractivity contribution in [2.75, 3.05) is 12.3 Å². The van der Waals surface area contributed by atoms with Gasteiger partial charge >= 0.3 is 0 Å². The van der Waals surface area contributed by atoms with E-state index in [4.69, 9.17) is 0 Å². The van der Waals surface area contributed by atoms with Gasteiger partial charge in [-0.25, -0.2) is 0 Å². The molecule has 18 heteroatoms. The standard InChI is InChI=1S/C32H42N8O9S/c1-13-25(43)33-15(3)27(45)39-24(16(4)41)30(48)37-22-12-50-31-19(18-7-5-6-8-20(18)38-31)10-21(28(46)34-13)36-26(44)14(2)35-29(47)23-9-17(42)11-40(23)32(22)49/h5-8,13-17,21-24,38,41-42H,9-12H2,1-4H3,(H,33,43)(H,34,46)(H,35,47)(H,36,44)(H,37,48)(H,39,45)/t13-,14-,15-,16+,17-,21-,22-,23-,24-/m0/s1. The number of aliphatic hydroxyl groups excluding tert-OH is 2. The van der Waals surface area contributed by atoms with E-state index >= 15 is 0 Å². The van der Waals surface area contributed by atoms with Crippen LogP contribution in [-0.4, -0.2) is 128 Å². The Morgan fingerprint density at radius 3 is 2.02 bits per heavy atom. The summed E-state index contributed by atoms with van der Waals surface area (Å²) in [5, 5.41) is 37.7. The molecule has 0 saturated carbocycles. The highest BCUT2D eigenvalue weighted by Crippen LogP contribution is 2.32. The molecule has 9 atom stereocenters. The number of aromatic nitrogens is 1. The number of aliphatic hydroxyl groups is 2. The molecule has 2 bridgehead atoms. The van der Waals surface area contributed by atoms with Crippen LogP contribution < -0.4 is 31.9 Å². The summed E-state index contributed by atoms with van der Waals surface area (Å²) >= 11 is 1.13. The first-order valence-electron chi connectivity index (χ1n) is 16.4. The average Bonchev–Trinajstić information content (AvgIpc) is 3.63. The molecular formula is C32H42N8O9S. The zero-order valence-corrected chi connectivity index (χ0v) is 28.8. The summed E-state index contributed by atoms with van der Waals surface area (Å²) in [4.78, 5) is 99.3. The molecule has 50 heavy (non-hydrogen) atoms. The van der Waals surface area contributed by atoms with Gasteiger partial charge in [-0.15, -0.1) is 11.8 Å². The first kappa shape index (κ1) is 36.6. The summed E-state index contributed by atoms with van der Waals surface area (Å²) in [6.07, 6.45) is -2.73. The van der Waals surface area contributed by atoms with Crippen LogP contribution in [0.3, 0.4) is 0 Å². The van der Waals surface area contributed by atoms with Crippen molar-refractivity contribution in [3.8, 4) is 0 Å². The SMILES string of the molecule is C[C@@H]1NC(=O)[C@H](C)NC(=O)[C@@H]2Cc3c([nH]c4ccccc34)SC[C@H](NC(=O)[C@H]([C@@H](C)O)NC1=O)C(=O)N1C[C@@H](O)C[C@H]1C(=O)N[C@@H](C)C(=O)N2. The van der Waals surface area contributed by atoms with Gasteiger partial charge in [0.15, 0.2) is 0 Å². The number of benzene rings is 1. The molecule has 4 heterocycles. The van der Waals surface area contributed by atoms with Crippen molar-refractivity contribution in [2.24, 2.45) is 0 Å². The Morgan fingerprint density at radius 1 is 0.760 bits per heavy atom. The monoisotopic (exact) mass is 714 g/mol. The fourth-order valence-corrected chi connectivity index (χ4v) is 7.27. The number of carbonyl (C=O) groups excluding carboxylic acids is 7. The first-order valence-corrected chi connectivity index (χ1v) is 17.3. The van der Waals surface area contributed by atoms with Gasteiger partial charge < -0.3 is 52.0 Å². The molecule has 9 N–H and O–H groups in total. The Labute approximate surface area is 291 Å². The van der Waals surface area contributed by atoms with Crippen molar-refractivity contribution in [1.82, 2.24) is 41.8 Å². The number of nitrogens with one attached hydrogen (secondary N) is 7. The molecule has 17 nitrogen and oxygen atoms in total. The number of thioether (sulfide) groups is 1. The summed E-state index contributed by atoms with van der Waals surface area (Å²) in [5.41, 5.74) is 1.29. The van der Waals surface area contributed by atoms with Crippen LogP contribution in [0, 0.1) is 0 Å². The second-order valence-corrected chi connectivity index (χ2v) is 14.0. The Hall–Kier alpha value is -4.68. The number of amides is 7. The van der Waals surface area contributed by atoms with Crippen LogP contribution in [-0.2, 0) is 40.0 Å². The molecule has 5 rings (SSSR count). The molecule has 0 spiro atoms. The van der Waals surface area contributed by atoms with E-state index in [-0.39, 0.29) is 25.1 Å². The summed E-state index contributed by atoms with van der Waals surface area (Å²) in [6, 6.07) is -1.72. The van der Waals surface area contributed by atoms with Crippen molar-refractivity contribution in [1.29, 1.82) is 0 Å². The average molecular weight is 715 g/mol. The summed E-state index contributed by atoms with van der Waals surface area (Å²) in [5.74, 6) is -5.49. The zero-order valence-electron chi connectivity index (χ0n) is 27.9. The van der Waals surface area contributed by atoms with Crippen molar-refractivity contribution >= 4 is 64.0 Å². The van der Waals surface area contributed by atoms with E-state index in [1.165, 1.54) is 27.7 Å². The number of hydrogen-bond donors (Lipinski definition) is 9. The lowest BCUT2D eigenvalue weighted by molar-refractivity contribution is -0.142. The number of H-pyrrole nitrogens is 1. The normalized spacial score (nSPS) is 31.3. The maximum Gasteiger partial charge on any atom is 0.246 e. The third-order valence-corrected chi connectivity index (χ3v) is 10.1. The van der Waals surface area contributed by atoms with E-state index in [0.717, 1.165) is 16.7 Å². The van der Waals surface area contributed by atoms with Crippen molar-refractivity contribution in [3.63, 3.8) is 0 Å². The van der Waals surface area contributed by atoms with Gasteiger partial charge in [-0.2, -0.15) is 0 Å². The molecule has 1 aromatic carbocycles. The minimum absolute atomic E-state index is 0.0756. The van der Waals surface area contributed by atoms with E-state index in [1.807, 2.05) is 12.1 Å². The van der Waals surface area contributed by atoms with E-state index in [9.17, 15) is 43.8 Å². The van der Waals surface area contributed by atoms with E-state index in [2.05, 4.69) is 36.9 Å². The van der Waals surface area contributed by atoms with Gasteiger partial charge in [0.2, 0.25) is 41.4 Å². The molecule has 1 saturated heterocycles. The number of carbonyl (C=O) groups is 7. The topological polar surface area (TPSA) is 251 Å². The maximum absolute atomic E-state index is 14.2. The van der Waals surface area contributed by atoms with Gasteiger partial charge in [-0.05, 0) is 39.3 Å². The first-order chi connectivity index (χ1) is 23.6. The number of fused-ring (bicyclic) bond motifs is 5. The molecule has 0 aliphatic carbocycles. The molecule has 7 amide bonds. The Bertz CT molecular complexity index is 1700. The highest BCUT2D eigenvalue weighted by molar-refractivity contribution is 7.99. The lowest BCUT2D eigenvalue weighted by Crippen LogP contribution is -2.61. The van der Waals surface area contributed by atoms with Gasteiger partial charge in [0, 0.05) is 36.0 Å². The summed E-state index contributed by atoms with van der Waals surface area (Å²) < 4.78 is 0. The van der Waals surface area contributed by atoms with Gasteiger partial charge in [0.05, 0.1) is 17.2 Å². The van der Waals surface area contributed by atoms with Crippen LogP contribution in [0.5, 0.6) is 0 Å². The molecule has 3 aliphatic rings. The van der Waals surface area contributed by atoms with Crippen molar-refractivity contribution in [3.05, 3.63) is 29.8 Å². The minimum atomic E-state index is -1.56. The fourth-order valence-electron chi connectivity index (χ4n) is 6.16. The predicted octanol–water partition coefficient (Wildman–Crippen LogP) is -2.86. The molecule has 2 aromatic rings. The van der Waals surface area contributed by atoms with Crippen LogP contribution in [0.1, 0.15) is 39.7 Å². The molecule has 1 aromatic heterocycles. The maximum atomic E-state index is 14.2. The number of para-hydroxylation sites is 1. The lowest BCUT2D eigenvalue weighted by atomic mass is 10.0. The van der Waals surface area contributed by atoms with Crippen LogP contribution in [0.25, 0.3) is 10.9 Å². The van der Waals surface area contributed by atoms with Crippen molar-refractivity contribution in [2.45, 2.75) is 100 Å². The van der Waals surface area contributed by atoms with E-state index in [0.29, 0.717) is 21.5 Å². The fraction of sp³-hybridized carbons (Fsp3) is 0.531. The zero-order chi connectivity index (χ0) is 36.4. The van der Waals surface area contributed by atoms with Crippen LogP contribution in [0.4, 0.5) is 0 Å². The Kier molecular flexibility index (Phi) is 11.0. The highest BCUT2D eigenvalue weighted by atomic mass is 32.2. The quantitative estimate of drug-likeness (QED) is 0.146. The smallest absolute Gasteiger partial charge is 0.246 e. The van der Waals surface area contributed by atoms with E-state index in [1.54, 1.807) is 12.1 Å². The molecule has 1 fully saturated rings. The second-order valence-electron chi connectivity index (χ2n) is 12.9. The van der Waals surface area contributed by atoms with Crippen LogP contribution >= 0.6 is 11.8 Å².